The number of nitrogens with two attached hydrogens (primary N) is 1. The van der Waals surface area contributed by atoms with Gasteiger partial charge in [-0.15, -0.1) is 0 Å². The summed E-state index contributed by atoms with van der Waals surface area (Å²) in [6, 6.07) is 0.526. The van der Waals surface area contributed by atoms with Crippen molar-refractivity contribution in [1.82, 2.24) is 9.88 Å². The number of hydrogen-bond acceptors (Lipinski definition) is 5. The standard InChI is InChI=1S/C15H24N4OS/c1-19(9-10-5-3-2-4-6-10)14(20)12-13(16)18-15(21-12)17-11-7-8-11/h10-11H,2-9,16H2,1H3,(H,17,18). The van der Waals surface area contributed by atoms with Gasteiger partial charge in [0, 0.05) is 19.6 Å². The van der Waals surface area contributed by atoms with Crippen LogP contribution in [0.2, 0.25) is 0 Å². The van der Waals surface area contributed by atoms with E-state index in [1.165, 1.54) is 56.3 Å². The number of thiazole rings is 1. The molecule has 1 amide bonds. The first-order chi connectivity index (χ1) is 10.1. The molecule has 3 rings (SSSR count). The summed E-state index contributed by atoms with van der Waals surface area (Å²) in [4.78, 5) is 19.2. The van der Waals surface area contributed by atoms with Crippen molar-refractivity contribution in [2.45, 2.75) is 51.0 Å². The molecule has 0 spiro atoms. The Labute approximate surface area is 129 Å². The third-order valence-corrected chi connectivity index (χ3v) is 5.35. The van der Waals surface area contributed by atoms with E-state index in [2.05, 4.69) is 10.3 Å². The first-order valence-corrected chi connectivity index (χ1v) is 8.73. The zero-order valence-corrected chi connectivity index (χ0v) is 13.4. The summed E-state index contributed by atoms with van der Waals surface area (Å²) in [5.41, 5.74) is 5.92. The molecule has 0 aromatic carbocycles. The van der Waals surface area contributed by atoms with E-state index in [0.29, 0.717) is 22.7 Å². The van der Waals surface area contributed by atoms with Crippen LogP contribution in [0.1, 0.15) is 54.6 Å². The first kappa shape index (κ1) is 14.6. The van der Waals surface area contributed by atoms with Gasteiger partial charge in [-0.25, -0.2) is 4.98 Å². The van der Waals surface area contributed by atoms with E-state index in [4.69, 9.17) is 5.73 Å². The van der Waals surface area contributed by atoms with Crippen molar-refractivity contribution in [1.29, 1.82) is 0 Å². The molecule has 0 atom stereocenters. The van der Waals surface area contributed by atoms with Crippen LogP contribution >= 0.6 is 11.3 Å². The molecule has 3 N–H and O–H groups in total. The highest BCUT2D eigenvalue weighted by Crippen LogP contribution is 2.31. The zero-order chi connectivity index (χ0) is 14.8. The van der Waals surface area contributed by atoms with E-state index in [9.17, 15) is 4.79 Å². The van der Waals surface area contributed by atoms with Crippen molar-refractivity contribution < 1.29 is 4.79 Å². The number of anilines is 2. The van der Waals surface area contributed by atoms with Gasteiger partial charge >= 0.3 is 0 Å². The smallest absolute Gasteiger partial charge is 0.267 e. The molecule has 5 nitrogen and oxygen atoms in total. The molecule has 1 aromatic rings. The summed E-state index contributed by atoms with van der Waals surface area (Å²) in [6.45, 7) is 0.835. The average molecular weight is 308 g/mol. The molecule has 0 bridgehead atoms. The Morgan fingerprint density at radius 3 is 2.71 bits per heavy atom. The molecule has 1 heterocycles. The van der Waals surface area contributed by atoms with Crippen LogP contribution in [0, 0.1) is 5.92 Å². The monoisotopic (exact) mass is 308 g/mol. The van der Waals surface area contributed by atoms with Gasteiger partial charge in [-0.3, -0.25) is 4.79 Å². The van der Waals surface area contributed by atoms with Gasteiger partial charge in [0.15, 0.2) is 5.13 Å². The minimum absolute atomic E-state index is 0.0134. The number of aromatic nitrogens is 1. The minimum atomic E-state index is 0.0134. The Morgan fingerprint density at radius 1 is 1.33 bits per heavy atom. The minimum Gasteiger partial charge on any atom is -0.382 e. The lowest BCUT2D eigenvalue weighted by Crippen LogP contribution is -2.32. The molecule has 116 valence electrons. The maximum atomic E-state index is 12.5. The van der Waals surface area contributed by atoms with Crippen LogP contribution in [0.15, 0.2) is 0 Å². The summed E-state index contributed by atoms with van der Waals surface area (Å²) < 4.78 is 0. The summed E-state index contributed by atoms with van der Waals surface area (Å²) in [5, 5.41) is 4.09. The van der Waals surface area contributed by atoms with E-state index in [1.54, 1.807) is 0 Å². The normalized spacial score (nSPS) is 19.5. The molecular weight excluding hydrogens is 284 g/mol. The molecule has 2 saturated carbocycles. The molecule has 2 aliphatic carbocycles. The van der Waals surface area contributed by atoms with E-state index in [-0.39, 0.29) is 5.91 Å². The van der Waals surface area contributed by atoms with Crippen molar-refractivity contribution in [3.63, 3.8) is 0 Å². The maximum Gasteiger partial charge on any atom is 0.267 e. The lowest BCUT2D eigenvalue weighted by atomic mass is 9.89. The van der Waals surface area contributed by atoms with Gasteiger partial charge in [0.25, 0.3) is 5.91 Å². The predicted molar refractivity (Wildman–Crippen MR) is 86.7 cm³/mol. The fourth-order valence-corrected chi connectivity index (χ4v) is 3.92. The zero-order valence-electron chi connectivity index (χ0n) is 12.6. The van der Waals surface area contributed by atoms with Gasteiger partial charge in [-0.1, -0.05) is 30.6 Å². The van der Waals surface area contributed by atoms with Gasteiger partial charge in [-0.05, 0) is 31.6 Å². The van der Waals surface area contributed by atoms with Crippen LogP contribution in [-0.2, 0) is 0 Å². The largest absolute Gasteiger partial charge is 0.382 e. The van der Waals surface area contributed by atoms with Crippen LogP contribution in [-0.4, -0.2) is 35.4 Å². The molecule has 0 unspecified atom stereocenters. The van der Waals surface area contributed by atoms with Crippen LogP contribution < -0.4 is 11.1 Å². The molecular formula is C15H24N4OS. The fraction of sp³-hybridized carbons (Fsp3) is 0.733. The second-order valence-corrected chi connectivity index (χ2v) is 7.34. The van der Waals surface area contributed by atoms with Crippen molar-refractivity contribution in [3.05, 3.63) is 4.88 Å². The van der Waals surface area contributed by atoms with E-state index < -0.39 is 0 Å². The number of nitrogens with one attached hydrogen (secondary N) is 1. The second-order valence-electron chi connectivity index (χ2n) is 6.34. The SMILES string of the molecule is CN(CC1CCCCC1)C(=O)c1sc(NC2CC2)nc1N. The Kier molecular flexibility index (Phi) is 4.33. The van der Waals surface area contributed by atoms with Gasteiger partial charge in [0.05, 0.1) is 0 Å². The lowest BCUT2D eigenvalue weighted by molar-refractivity contribution is 0.0766. The summed E-state index contributed by atoms with van der Waals surface area (Å²) >= 11 is 1.39. The molecule has 6 heteroatoms. The molecule has 2 fully saturated rings. The molecule has 2 aliphatic rings. The number of nitrogens with zero attached hydrogens (tertiary/aromatic N) is 2. The molecule has 0 radical (unpaired) electrons. The second kappa shape index (κ2) is 6.22. The first-order valence-electron chi connectivity index (χ1n) is 7.92. The molecule has 21 heavy (non-hydrogen) atoms. The summed E-state index contributed by atoms with van der Waals surface area (Å²) in [7, 11) is 1.88. The number of carbonyl (C=O) groups is 1. The Bertz CT molecular complexity index is 506. The Morgan fingerprint density at radius 2 is 2.05 bits per heavy atom. The Hall–Kier alpha value is -1.30. The summed E-state index contributed by atoms with van der Waals surface area (Å²) in [5.74, 6) is 1.02. The quantitative estimate of drug-likeness (QED) is 0.877. The lowest BCUT2D eigenvalue weighted by Gasteiger charge is -2.26. The number of rotatable bonds is 5. The Balaban J connectivity index is 1.61. The van der Waals surface area contributed by atoms with Crippen molar-refractivity contribution in [2.24, 2.45) is 5.92 Å². The molecule has 0 aliphatic heterocycles. The van der Waals surface area contributed by atoms with Gasteiger partial charge in [0.2, 0.25) is 0 Å². The van der Waals surface area contributed by atoms with Crippen molar-refractivity contribution >= 4 is 28.2 Å². The maximum absolute atomic E-state index is 12.5. The highest BCUT2D eigenvalue weighted by atomic mass is 32.1. The van der Waals surface area contributed by atoms with E-state index >= 15 is 0 Å². The summed E-state index contributed by atoms with van der Waals surface area (Å²) in [6.07, 6.45) is 8.78. The third-order valence-electron chi connectivity index (χ3n) is 4.36. The van der Waals surface area contributed by atoms with Crippen molar-refractivity contribution in [3.8, 4) is 0 Å². The van der Waals surface area contributed by atoms with Crippen LogP contribution in [0.25, 0.3) is 0 Å². The van der Waals surface area contributed by atoms with Crippen LogP contribution in [0.4, 0.5) is 10.9 Å². The van der Waals surface area contributed by atoms with Gasteiger partial charge < -0.3 is 16.0 Å². The van der Waals surface area contributed by atoms with Crippen molar-refractivity contribution in [2.75, 3.05) is 24.6 Å². The number of hydrogen-bond donors (Lipinski definition) is 2. The molecule has 0 saturated heterocycles. The number of nitrogen functional groups attached to an aromatic ring is 1. The van der Waals surface area contributed by atoms with E-state index in [1.807, 2.05) is 11.9 Å². The van der Waals surface area contributed by atoms with Gasteiger partial charge in [-0.2, -0.15) is 0 Å². The third kappa shape index (κ3) is 3.67. The van der Waals surface area contributed by atoms with Crippen LogP contribution in [0.5, 0.6) is 0 Å². The fourth-order valence-electron chi connectivity index (χ4n) is 2.96. The van der Waals surface area contributed by atoms with E-state index in [0.717, 1.165) is 11.7 Å². The molecule has 1 aromatic heterocycles. The predicted octanol–water partition coefficient (Wildman–Crippen LogP) is 2.95. The number of amides is 1. The van der Waals surface area contributed by atoms with Gasteiger partial charge in [0.1, 0.15) is 10.7 Å². The highest BCUT2D eigenvalue weighted by Gasteiger charge is 2.26. The average Bonchev–Trinajstić information content (AvgIpc) is 3.21. The highest BCUT2D eigenvalue weighted by molar-refractivity contribution is 7.18. The topological polar surface area (TPSA) is 71.2 Å². The number of carbonyl (C=O) groups excluding carboxylic acids is 1. The van der Waals surface area contributed by atoms with Crippen LogP contribution in [0.3, 0.4) is 0 Å².